The van der Waals surface area contributed by atoms with Gasteiger partial charge in [-0.25, -0.2) is 9.07 Å². The average Bonchev–Trinajstić information content (AvgIpc) is 2.64. The lowest BCUT2D eigenvalue weighted by molar-refractivity contribution is 0.559. The van der Waals surface area contributed by atoms with E-state index >= 15 is 0 Å². The van der Waals surface area contributed by atoms with Crippen LogP contribution in [0.5, 0.6) is 0 Å². The van der Waals surface area contributed by atoms with Crippen molar-refractivity contribution in [3.8, 4) is 5.69 Å². The number of hydrogen-bond donors (Lipinski definition) is 1. The van der Waals surface area contributed by atoms with Crippen LogP contribution >= 0.6 is 0 Å². The summed E-state index contributed by atoms with van der Waals surface area (Å²) < 4.78 is 14.9. The van der Waals surface area contributed by atoms with Gasteiger partial charge in [0.1, 0.15) is 11.6 Å². The first kappa shape index (κ1) is 12.6. The van der Waals surface area contributed by atoms with Crippen LogP contribution < -0.4 is 5.73 Å². The van der Waals surface area contributed by atoms with Crippen molar-refractivity contribution in [2.45, 2.75) is 33.1 Å². The number of nitrogens with zero attached hydrogens (tertiary/aromatic N) is 2. The Hall–Kier alpha value is -1.84. The van der Waals surface area contributed by atoms with Crippen molar-refractivity contribution in [3.63, 3.8) is 0 Å². The number of benzene rings is 1. The minimum Gasteiger partial charge on any atom is -0.384 e. The summed E-state index contributed by atoms with van der Waals surface area (Å²) in [5, 5.41) is 4.48. The van der Waals surface area contributed by atoms with Gasteiger partial charge in [0.05, 0.1) is 11.4 Å². The third-order valence-corrected chi connectivity index (χ3v) is 2.90. The number of nitrogens with two attached hydrogens (primary N) is 1. The van der Waals surface area contributed by atoms with Crippen molar-refractivity contribution in [3.05, 3.63) is 41.3 Å². The van der Waals surface area contributed by atoms with Gasteiger partial charge in [-0.2, -0.15) is 5.10 Å². The number of hydrogen-bond acceptors (Lipinski definition) is 2. The normalized spacial score (nSPS) is 11.8. The summed E-state index contributed by atoms with van der Waals surface area (Å²) in [7, 11) is 0. The highest BCUT2D eigenvalue weighted by atomic mass is 19.1. The molecule has 0 bridgehead atoms. The third-order valence-electron chi connectivity index (χ3n) is 2.90. The fraction of sp³-hybridized carbons (Fsp3) is 0.357. The van der Waals surface area contributed by atoms with E-state index in [1.54, 1.807) is 10.7 Å². The molecule has 3 nitrogen and oxygen atoms in total. The molecule has 0 saturated carbocycles. The molecule has 0 aliphatic heterocycles. The lowest BCUT2D eigenvalue weighted by Crippen LogP contribution is -2.13. The highest BCUT2D eigenvalue weighted by Gasteiger charge is 2.20. The van der Waals surface area contributed by atoms with E-state index < -0.39 is 0 Å². The zero-order valence-electron chi connectivity index (χ0n) is 11.2. The Kier molecular flexibility index (Phi) is 2.89. The van der Waals surface area contributed by atoms with Crippen LogP contribution in [0.2, 0.25) is 0 Å². The van der Waals surface area contributed by atoms with Gasteiger partial charge in [0, 0.05) is 11.5 Å². The Morgan fingerprint density at radius 1 is 1.22 bits per heavy atom. The molecule has 0 amide bonds. The Morgan fingerprint density at radius 3 is 2.44 bits per heavy atom. The molecule has 0 spiro atoms. The topological polar surface area (TPSA) is 43.8 Å². The monoisotopic (exact) mass is 247 g/mol. The van der Waals surface area contributed by atoms with E-state index in [0.29, 0.717) is 11.5 Å². The Bertz CT molecular complexity index is 579. The molecule has 2 rings (SSSR count). The predicted molar refractivity (Wildman–Crippen MR) is 71.4 cm³/mol. The van der Waals surface area contributed by atoms with Gasteiger partial charge < -0.3 is 5.73 Å². The first-order valence-corrected chi connectivity index (χ1v) is 5.91. The number of nitrogen functional groups attached to an aromatic ring is 1. The smallest absolute Gasteiger partial charge is 0.127 e. The summed E-state index contributed by atoms with van der Waals surface area (Å²) in [6.45, 7) is 8.11. The first-order valence-electron chi connectivity index (χ1n) is 5.91. The van der Waals surface area contributed by atoms with E-state index in [4.69, 9.17) is 5.73 Å². The molecule has 96 valence electrons. The van der Waals surface area contributed by atoms with E-state index in [1.807, 2.05) is 13.0 Å². The number of aryl methyl sites for hydroxylation is 1. The largest absolute Gasteiger partial charge is 0.384 e. The zero-order valence-corrected chi connectivity index (χ0v) is 11.2. The van der Waals surface area contributed by atoms with E-state index in [1.165, 1.54) is 12.1 Å². The van der Waals surface area contributed by atoms with Crippen LogP contribution in [-0.2, 0) is 5.41 Å². The van der Waals surface area contributed by atoms with Crippen LogP contribution in [0, 0.1) is 12.7 Å². The van der Waals surface area contributed by atoms with Crippen molar-refractivity contribution < 1.29 is 4.39 Å². The molecule has 0 radical (unpaired) electrons. The predicted octanol–water partition coefficient (Wildman–Crippen LogP) is 3.20. The first-order chi connectivity index (χ1) is 8.29. The summed E-state index contributed by atoms with van der Waals surface area (Å²) in [5.74, 6) is 0.233. The summed E-state index contributed by atoms with van der Waals surface area (Å²) in [5.41, 5.74) is 8.40. The second-order valence-corrected chi connectivity index (χ2v) is 5.55. The molecule has 0 saturated heterocycles. The van der Waals surface area contributed by atoms with Crippen molar-refractivity contribution in [1.29, 1.82) is 0 Å². The van der Waals surface area contributed by atoms with E-state index in [0.717, 1.165) is 11.3 Å². The van der Waals surface area contributed by atoms with Crippen molar-refractivity contribution >= 4 is 5.82 Å². The second-order valence-electron chi connectivity index (χ2n) is 5.55. The van der Waals surface area contributed by atoms with Crippen LogP contribution in [-0.4, -0.2) is 9.78 Å². The molecule has 18 heavy (non-hydrogen) atoms. The van der Waals surface area contributed by atoms with Gasteiger partial charge in [-0.3, -0.25) is 0 Å². The van der Waals surface area contributed by atoms with Gasteiger partial charge in [-0.1, -0.05) is 26.8 Å². The maximum Gasteiger partial charge on any atom is 0.127 e. The molecule has 4 heteroatoms. The number of halogens is 1. The van der Waals surface area contributed by atoms with E-state index in [9.17, 15) is 4.39 Å². The highest BCUT2D eigenvalue weighted by Crippen LogP contribution is 2.26. The zero-order chi connectivity index (χ0) is 13.5. The molecule has 0 aliphatic rings. The minimum atomic E-state index is -0.289. The minimum absolute atomic E-state index is 0.0827. The van der Waals surface area contributed by atoms with Crippen LogP contribution in [0.25, 0.3) is 5.69 Å². The number of anilines is 1. The molecule has 1 aromatic heterocycles. The van der Waals surface area contributed by atoms with E-state index in [-0.39, 0.29) is 11.2 Å². The third kappa shape index (κ3) is 2.23. The lowest BCUT2D eigenvalue weighted by Gasteiger charge is -2.14. The summed E-state index contributed by atoms with van der Waals surface area (Å²) >= 11 is 0. The van der Waals surface area contributed by atoms with Crippen LogP contribution in [0.4, 0.5) is 10.2 Å². The van der Waals surface area contributed by atoms with Gasteiger partial charge in [0.15, 0.2) is 0 Å². The fourth-order valence-electron chi connectivity index (χ4n) is 1.77. The standard InChI is InChI=1S/C14H18FN3/c1-9-5-6-10(15)7-11(9)18-13(16)8-12(17-18)14(2,3)4/h5-8H,16H2,1-4H3. The number of aromatic nitrogens is 2. The summed E-state index contributed by atoms with van der Waals surface area (Å²) in [6, 6.07) is 6.45. The van der Waals surface area contributed by atoms with Crippen LogP contribution in [0.15, 0.2) is 24.3 Å². The summed E-state index contributed by atoms with van der Waals surface area (Å²) in [6.07, 6.45) is 0. The lowest BCUT2D eigenvalue weighted by atomic mass is 9.92. The molecule has 0 unspecified atom stereocenters. The molecule has 1 heterocycles. The molecule has 0 fully saturated rings. The van der Waals surface area contributed by atoms with Crippen molar-refractivity contribution in [2.24, 2.45) is 0 Å². The average molecular weight is 247 g/mol. The quantitative estimate of drug-likeness (QED) is 0.841. The fourth-order valence-corrected chi connectivity index (χ4v) is 1.77. The van der Waals surface area contributed by atoms with E-state index in [2.05, 4.69) is 25.9 Å². The number of rotatable bonds is 1. The Morgan fingerprint density at radius 2 is 1.89 bits per heavy atom. The van der Waals surface area contributed by atoms with Crippen molar-refractivity contribution in [2.75, 3.05) is 5.73 Å². The SMILES string of the molecule is Cc1ccc(F)cc1-n1nc(C(C)(C)C)cc1N. The Balaban J connectivity index is 2.58. The molecular formula is C14H18FN3. The van der Waals surface area contributed by atoms with Gasteiger partial charge in [0.2, 0.25) is 0 Å². The molecule has 0 aliphatic carbocycles. The highest BCUT2D eigenvalue weighted by molar-refractivity contribution is 5.48. The molecule has 2 N–H and O–H groups in total. The Labute approximate surface area is 106 Å². The van der Waals surface area contributed by atoms with Crippen LogP contribution in [0.3, 0.4) is 0 Å². The van der Waals surface area contributed by atoms with Crippen molar-refractivity contribution in [1.82, 2.24) is 9.78 Å². The maximum absolute atomic E-state index is 13.3. The molecule has 1 aromatic carbocycles. The van der Waals surface area contributed by atoms with Gasteiger partial charge in [0.25, 0.3) is 0 Å². The second kappa shape index (κ2) is 4.12. The van der Waals surface area contributed by atoms with Gasteiger partial charge in [-0.05, 0) is 24.6 Å². The molecule has 0 atom stereocenters. The maximum atomic E-state index is 13.3. The summed E-state index contributed by atoms with van der Waals surface area (Å²) in [4.78, 5) is 0. The van der Waals surface area contributed by atoms with Gasteiger partial charge in [-0.15, -0.1) is 0 Å². The molecule has 2 aromatic rings. The van der Waals surface area contributed by atoms with Crippen LogP contribution in [0.1, 0.15) is 32.0 Å². The molecular weight excluding hydrogens is 229 g/mol. The van der Waals surface area contributed by atoms with Gasteiger partial charge >= 0.3 is 0 Å².